The predicted octanol–water partition coefficient (Wildman–Crippen LogP) is 4.04. The quantitative estimate of drug-likeness (QED) is 0.627. The van der Waals surface area contributed by atoms with Crippen LogP contribution in [0.25, 0.3) is 10.8 Å². The average molecular weight is 379 g/mol. The van der Waals surface area contributed by atoms with Crippen LogP contribution in [0.3, 0.4) is 0 Å². The highest BCUT2D eigenvalue weighted by molar-refractivity contribution is 6.03. The lowest BCUT2D eigenvalue weighted by molar-refractivity contribution is -0.119. The number of methoxy groups -OCH3 is 1. The maximum Gasteiger partial charge on any atom is 0.338 e. The minimum Gasteiger partial charge on any atom is -0.493 e. The van der Waals surface area contributed by atoms with Crippen LogP contribution < -0.4 is 14.8 Å². The van der Waals surface area contributed by atoms with Crippen molar-refractivity contribution < 1.29 is 23.8 Å². The molecule has 0 heterocycles. The van der Waals surface area contributed by atoms with Crippen LogP contribution in [0.2, 0.25) is 0 Å². The highest BCUT2D eigenvalue weighted by Crippen LogP contribution is 2.28. The minimum absolute atomic E-state index is 0.280. The van der Waals surface area contributed by atoms with Crippen LogP contribution in [0.15, 0.2) is 60.7 Å². The number of hydrogen-bond acceptors (Lipinski definition) is 5. The molecule has 0 aliphatic heterocycles. The first-order valence-corrected chi connectivity index (χ1v) is 8.88. The van der Waals surface area contributed by atoms with Crippen molar-refractivity contribution in [2.45, 2.75) is 6.92 Å². The SMILES string of the molecule is CCOc1cc(C(=O)OCC(=O)Nc2cccc3ccccc23)ccc1OC. The lowest BCUT2D eigenvalue weighted by atomic mass is 10.1. The summed E-state index contributed by atoms with van der Waals surface area (Å²) in [6, 6.07) is 18.1. The van der Waals surface area contributed by atoms with E-state index in [0.29, 0.717) is 23.8 Å². The van der Waals surface area contributed by atoms with Crippen molar-refractivity contribution in [2.24, 2.45) is 0 Å². The first-order valence-electron chi connectivity index (χ1n) is 8.88. The van der Waals surface area contributed by atoms with Crippen LogP contribution in [-0.4, -0.2) is 32.2 Å². The van der Waals surface area contributed by atoms with Gasteiger partial charge in [0.2, 0.25) is 0 Å². The molecule has 0 spiro atoms. The molecule has 28 heavy (non-hydrogen) atoms. The Balaban J connectivity index is 1.64. The molecule has 0 aliphatic carbocycles. The number of ether oxygens (including phenoxy) is 3. The van der Waals surface area contributed by atoms with E-state index in [0.717, 1.165) is 10.8 Å². The molecule has 1 N–H and O–H groups in total. The number of amides is 1. The summed E-state index contributed by atoms with van der Waals surface area (Å²) < 4.78 is 15.8. The normalized spacial score (nSPS) is 10.4. The van der Waals surface area contributed by atoms with E-state index in [1.165, 1.54) is 13.2 Å². The summed E-state index contributed by atoms with van der Waals surface area (Å²) in [5.41, 5.74) is 0.949. The molecule has 6 heteroatoms. The maximum atomic E-state index is 12.3. The Bertz CT molecular complexity index is 994. The third-order valence-corrected chi connectivity index (χ3v) is 4.10. The van der Waals surface area contributed by atoms with Crippen molar-refractivity contribution in [3.63, 3.8) is 0 Å². The van der Waals surface area contributed by atoms with Crippen LogP contribution in [-0.2, 0) is 9.53 Å². The second kappa shape index (κ2) is 8.90. The fraction of sp³-hybridized carbons (Fsp3) is 0.182. The highest BCUT2D eigenvalue weighted by Gasteiger charge is 2.14. The van der Waals surface area contributed by atoms with Crippen LogP contribution in [0, 0.1) is 0 Å². The second-order valence-corrected chi connectivity index (χ2v) is 5.95. The Morgan fingerprint density at radius 1 is 0.964 bits per heavy atom. The molecule has 0 atom stereocenters. The zero-order valence-electron chi connectivity index (χ0n) is 15.7. The Labute approximate surface area is 163 Å². The molecule has 0 aliphatic rings. The van der Waals surface area contributed by atoms with Crippen LogP contribution >= 0.6 is 0 Å². The van der Waals surface area contributed by atoms with Gasteiger partial charge in [0.25, 0.3) is 5.91 Å². The van der Waals surface area contributed by atoms with E-state index in [2.05, 4.69) is 5.32 Å². The maximum absolute atomic E-state index is 12.3. The molecule has 0 bridgehead atoms. The number of rotatable bonds is 7. The summed E-state index contributed by atoms with van der Waals surface area (Å²) in [7, 11) is 1.52. The molecule has 144 valence electrons. The van der Waals surface area contributed by atoms with E-state index < -0.39 is 18.5 Å². The number of carbonyl (C=O) groups excluding carboxylic acids is 2. The van der Waals surface area contributed by atoms with Crippen LogP contribution in [0.5, 0.6) is 11.5 Å². The molecule has 0 saturated heterocycles. The third kappa shape index (κ3) is 4.40. The minimum atomic E-state index is -0.614. The van der Waals surface area contributed by atoms with E-state index in [1.807, 2.05) is 43.3 Å². The van der Waals surface area contributed by atoms with Crippen LogP contribution in [0.1, 0.15) is 17.3 Å². The summed E-state index contributed by atoms with van der Waals surface area (Å²) in [5, 5.41) is 4.71. The fourth-order valence-corrected chi connectivity index (χ4v) is 2.81. The molecule has 0 unspecified atom stereocenters. The van der Waals surface area contributed by atoms with Gasteiger partial charge in [-0.1, -0.05) is 36.4 Å². The van der Waals surface area contributed by atoms with E-state index in [-0.39, 0.29) is 5.56 Å². The summed E-state index contributed by atoms with van der Waals surface area (Å²) in [6.45, 7) is 1.88. The third-order valence-electron chi connectivity index (χ3n) is 4.10. The number of hydrogen-bond donors (Lipinski definition) is 1. The molecule has 3 rings (SSSR count). The van der Waals surface area contributed by atoms with Gasteiger partial charge in [-0.3, -0.25) is 4.79 Å². The monoisotopic (exact) mass is 379 g/mol. The zero-order chi connectivity index (χ0) is 19.9. The van der Waals surface area contributed by atoms with E-state index in [4.69, 9.17) is 14.2 Å². The number of carbonyl (C=O) groups is 2. The van der Waals surface area contributed by atoms with Crippen molar-refractivity contribution in [3.05, 3.63) is 66.2 Å². The summed E-state index contributed by atoms with van der Waals surface area (Å²) >= 11 is 0. The molecule has 0 fully saturated rings. The molecule has 6 nitrogen and oxygen atoms in total. The molecular formula is C22H21NO5. The van der Waals surface area contributed by atoms with Gasteiger partial charge < -0.3 is 19.5 Å². The van der Waals surface area contributed by atoms with Gasteiger partial charge in [-0.15, -0.1) is 0 Å². The fourth-order valence-electron chi connectivity index (χ4n) is 2.81. The molecule has 3 aromatic rings. The van der Waals surface area contributed by atoms with Gasteiger partial charge in [0.1, 0.15) is 0 Å². The van der Waals surface area contributed by atoms with Crippen molar-refractivity contribution in [2.75, 3.05) is 25.6 Å². The smallest absolute Gasteiger partial charge is 0.338 e. The number of benzene rings is 3. The molecular weight excluding hydrogens is 358 g/mol. The lowest BCUT2D eigenvalue weighted by Crippen LogP contribution is -2.21. The zero-order valence-corrected chi connectivity index (χ0v) is 15.7. The van der Waals surface area contributed by atoms with Gasteiger partial charge in [0.15, 0.2) is 18.1 Å². The number of esters is 1. The molecule has 1 amide bonds. The van der Waals surface area contributed by atoms with Crippen molar-refractivity contribution in [1.29, 1.82) is 0 Å². The number of fused-ring (bicyclic) bond motifs is 1. The van der Waals surface area contributed by atoms with Gasteiger partial charge in [-0.2, -0.15) is 0 Å². The van der Waals surface area contributed by atoms with Crippen molar-refractivity contribution >= 4 is 28.3 Å². The number of anilines is 1. The first-order chi connectivity index (χ1) is 13.6. The topological polar surface area (TPSA) is 73.9 Å². The van der Waals surface area contributed by atoms with Crippen molar-refractivity contribution in [1.82, 2.24) is 0 Å². The average Bonchev–Trinajstić information content (AvgIpc) is 2.72. The van der Waals surface area contributed by atoms with Gasteiger partial charge in [0.05, 0.1) is 19.3 Å². The largest absolute Gasteiger partial charge is 0.493 e. The van der Waals surface area contributed by atoms with Gasteiger partial charge in [-0.05, 0) is 36.6 Å². The van der Waals surface area contributed by atoms with Gasteiger partial charge >= 0.3 is 5.97 Å². The summed E-state index contributed by atoms with van der Waals surface area (Å²) in [5.74, 6) is -0.0633. The van der Waals surface area contributed by atoms with E-state index >= 15 is 0 Å². The second-order valence-electron chi connectivity index (χ2n) is 5.95. The Kier molecular flexibility index (Phi) is 6.11. The highest BCUT2D eigenvalue weighted by atomic mass is 16.5. The lowest BCUT2D eigenvalue weighted by Gasteiger charge is -2.11. The summed E-state index contributed by atoms with van der Waals surface area (Å²) in [6.07, 6.45) is 0. The van der Waals surface area contributed by atoms with E-state index in [1.54, 1.807) is 18.2 Å². The van der Waals surface area contributed by atoms with E-state index in [9.17, 15) is 9.59 Å². The van der Waals surface area contributed by atoms with Crippen LogP contribution in [0.4, 0.5) is 5.69 Å². The Hall–Kier alpha value is -3.54. The molecule has 0 saturated carbocycles. The summed E-state index contributed by atoms with van der Waals surface area (Å²) in [4.78, 5) is 24.5. The molecule has 3 aromatic carbocycles. The first kappa shape index (κ1) is 19.2. The standard InChI is InChI=1S/C22H21NO5/c1-3-27-20-13-16(11-12-19(20)26-2)22(25)28-14-21(24)23-18-10-6-8-15-7-4-5-9-17(15)18/h4-13H,3,14H2,1-2H3,(H,23,24). The molecule has 0 radical (unpaired) electrons. The molecule has 0 aromatic heterocycles. The Morgan fingerprint density at radius 3 is 2.54 bits per heavy atom. The predicted molar refractivity (Wildman–Crippen MR) is 107 cm³/mol. The number of nitrogens with one attached hydrogen (secondary N) is 1. The Morgan fingerprint density at radius 2 is 1.75 bits per heavy atom. The van der Waals surface area contributed by atoms with Gasteiger partial charge in [0, 0.05) is 11.1 Å². The van der Waals surface area contributed by atoms with Gasteiger partial charge in [-0.25, -0.2) is 4.79 Å². The van der Waals surface area contributed by atoms with Crippen molar-refractivity contribution in [3.8, 4) is 11.5 Å².